The van der Waals surface area contributed by atoms with Crippen molar-refractivity contribution in [3.63, 3.8) is 0 Å². The van der Waals surface area contributed by atoms with Gasteiger partial charge in [-0.15, -0.1) is 0 Å². The van der Waals surface area contributed by atoms with Crippen molar-refractivity contribution < 1.29 is 4.79 Å². The van der Waals surface area contributed by atoms with Gasteiger partial charge in [-0.1, -0.05) is 25.1 Å². The van der Waals surface area contributed by atoms with Crippen LogP contribution in [-0.2, 0) is 0 Å². The van der Waals surface area contributed by atoms with Crippen molar-refractivity contribution in [2.75, 3.05) is 16.8 Å². The number of nitrogens with zero attached hydrogens (tertiary/aromatic N) is 3. The molecule has 1 N–H and O–H groups in total. The summed E-state index contributed by atoms with van der Waals surface area (Å²) in [6.45, 7) is 3.19. The van der Waals surface area contributed by atoms with Crippen LogP contribution in [0.2, 0.25) is 0 Å². The summed E-state index contributed by atoms with van der Waals surface area (Å²) in [4.78, 5) is 23.3. The first-order valence-electron chi connectivity index (χ1n) is 8.23. The Labute approximate surface area is 136 Å². The zero-order chi connectivity index (χ0) is 16.1. The minimum absolute atomic E-state index is 0.187. The predicted octanol–water partition coefficient (Wildman–Crippen LogP) is 3.50. The summed E-state index contributed by atoms with van der Waals surface area (Å²) in [7, 11) is 0. The lowest BCUT2D eigenvalue weighted by atomic mass is 10.0. The zero-order valence-electron chi connectivity index (χ0n) is 13.4. The van der Waals surface area contributed by atoms with Crippen LogP contribution in [0.3, 0.4) is 0 Å². The molecule has 0 bridgehead atoms. The molecule has 1 aliphatic heterocycles. The second kappa shape index (κ2) is 7.22. The van der Waals surface area contributed by atoms with Crippen LogP contribution in [0.4, 0.5) is 11.6 Å². The van der Waals surface area contributed by atoms with E-state index in [1.165, 1.54) is 19.3 Å². The maximum absolute atomic E-state index is 12.2. The molecule has 0 spiro atoms. The van der Waals surface area contributed by atoms with E-state index in [0.29, 0.717) is 11.6 Å². The van der Waals surface area contributed by atoms with E-state index in [2.05, 4.69) is 27.1 Å². The molecule has 1 aromatic carbocycles. The maximum Gasteiger partial charge on any atom is 0.258 e. The van der Waals surface area contributed by atoms with Gasteiger partial charge in [0.15, 0.2) is 0 Å². The maximum atomic E-state index is 12.2. The van der Waals surface area contributed by atoms with Crippen molar-refractivity contribution in [1.29, 1.82) is 0 Å². The number of hydrogen-bond acceptors (Lipinski definition) is 4. The van der Waals surface area contributed by atoms with Crippen LogP contribution in [0.25, 0.3) is 0 Å². The summed E-state index contributed by atoms with van der Waals surface area (Å²) in [5.74, 6) is 0.543. The van der Waals surface area contributed by atoms with Crippen molar-refractivity contribution in [2.45, 2.75) is 38.6 Å². The van der Waals surface area contributed by atoms with Gasteiger partial charge in [-0.2, -0.15) is 0 Å². The molecule has 1 aromatic heterocycles. The number of nitrogens with one attached hydrogen (secondary N) is 1. The van der Waals surface area contributed by atoms with E-state index in [4.69, 9.17) is 0 Å². The molecule has 1 fully saturated rings. The van der Waals surface area contributed by atoms with Gasteiger partial charge in [0, 0.05) is 30.7 Å². The normalized spacial score (nSPS) is 17.8. The van der Waals surface area contributed by atoms with Crippen LogP contribution in [-0.4, -0.2) is 28.5 Å². The van der Waals surface area contributed by atoms with E-state index in [9.17, 15) is 4.79 Å². The Morgan fingerprint density at radius 1 is 1.22 bits per heavy atom. The third kappa shape index (κ3) is 3.67. The highest BCUT2D eigenvalue weighted by molar-refractivity contribution is 6.03. The molecule has 120 valence electrons. The number of carbonyl (C=O) groups excluding carboxylic acids is 1. The molecule has 2 aromatic rings. The minimum atomic E-state index is -0.187. The summed E-state index contributed by atoms with van der Waals surface area (Å²) in [5.41, 5.74) is 1.24. The first-order chi connectivity index (χ1) is 11.3. The Bertz CT molecular complexity index is 642. The number of benzene rings is 1. The first kappa shape index (κ1) is 15.5. The molecule has 1 unspecified atom stereocenters. The molecule has 1 aliphatic rings. The topological polar surface area (TPSA) is 58.1 Å². The molecule has 0 radical (unpaired) electrons. The minimum Gasteiger partial charge on any atom is -0.338 e. The smallest absolute Gasteiger partial charge is 0.258 e. The molecule has 5 heteroatoms. The molecule has 2 heterocycles. The SMILES string of the molecule is CCC1CCCCN1c1ncc(C(=O)Nc2ccccc2)cn1. The van der Waals surface area contributed by atoms with E-state index in [1.54, 1.807) is 12.4 Å². The van der Waals surface area contributed by atoms with Crippen molar-refractivity contribution >= 4 is 17.5 Å². The van der Waals surface area contributed by atoms with Gasteiger partial charge in [0.2, 0.25) is 5.95 Å². The Morgan fingerprint density at radius 3 is 2.65 bits per heavy atom. The molecule has 0 aliphatic carbocycles. The standard InChI is InChI=1S/C18H22N4O/c1-2-16-10-6-7-11-22(16)18-19-12-14(13-20-18)17(23)21-15-8-4-3-5-9-15/h3-5,8-9,12-13,16H,2,6-7,10-11H2,1H3,(H,21,23). The van der Waals surface area contributed by atoms with Crippen molar-refractivity contribution in [2.24, 2.45) is 0 Å². The van der Waals surface area contributed by atoms with Crippen LogP contribution >= 0.6 is 0 Å². The van der Waals surface area contributed by atoms with Gasteiger partial charge in [-0.3, -0.25) is 4.79 Å². The van der Waals surface area contributed by atoms with Crippen molar-refractivity contribution in [3.05, 3.63) is 48.3 Å². The summed E-state index contributed by atoms with van der Waals surface area (Å²) < 4.78 is 0. The van der Waals surface area contributed by atoms with E-state index in [1.807, 2.05) is 30.3 Å². The lowest BCUT2D eigenvalue weighted by Gasteiger charge is -2.35. The Morgan fingerprint density at radius 2 is 1.96 bits per heavy atom. The molecule has 1 amide bonds. The largest absolute Gasteiger partial charge is 0.338 e. The molecule has 3 rings (SSSR count). The molecule has 23 heavy (non-hydrogen) atoms. The second-order valence-corrected chi connectivity index (χ2v) is 5.84. The van der Waals surface area contributed by atoms with Gasteiger partial charge in [-0.05, 0) is 37.8 Å². The summed E-state index contributed by atoms with van der Waals surface area (Å²) in [6, 6.07) is 9.90. The fourth-order valence-corrected chi connectivity index (χ4v) is 3.00. The molecule has 1 saturated heterocycles. The number of hydrogen-bond donors (Lipinski definition) is 1. The van der Waals surface area contributed by atoms with E-state index < -0.39 is 0 Å². The third-order valence-electron chi connectivity index (χ3n) is 4.29. The van der Waals surface area contributed by atoms with E-state index in [-0.39, 0.29) is 5.91 Å². The average molecular weight is 310 g/mol. The second-order valence-electron chi connectivity index (χ2n) is 5.84. The van der Waals surface area contributed by atoms with Gasteiger partial charge < -0.3 is 10.2 Å². The number of rotatable bonds is 4. The Balaban J connectivity index is 1.70. The quantitative estimate of drug-likeness (QED) is 0.939. The fourth-order valence-electron chi connectivity index (χ4n) is 3.00. The van der Waals surface area contributed by atoms with Crippen molar-refractivity contribution in [3.8, 4) is 0 Å². The number of amides is 1. The third-order valence-corrected chi connectivity index (χ3v) is 4.29. The van der Waals surface area contributed by atoms with Crippen LogP contribution in [0.1, 0.15) is 43.0 Å². The highest BCUT2D eigenvalue weighted by Crippen LogP contribution is 2.23. The molecular formula is C18H22N4O. The van der Waals surface area contributed by atoms with Gasteiger partial charge in [0.1, 0.15) is 0 Å². The number of anilines is 2. The summed E-state index contributed by atoms with van der Waals surface area (Å²) in [6.07, 6.45) is 7.96. The first-order valence-corrected chi connectivity index (χ1v) is 8.23. The van der Waals surface area contributed by atoms with Gasteiger partial charge in [0.05, 0.1) is 5.56 Å². The van der Waals surface area contributed by atoms with E-state index >= 15 is 0 Å². The summed E-state index contributed by atoms with van der Waals surface area (Å²) >= 11 is 0. The van der Waals surface area contributed by atoms with E-state index in [0.717, 1.165) is 24.6 Å². The Hall–Kier alpha value is -2.43. The highest BCUT2D eigenvalue weighted by atomic mass is 16.1. The summed E-state index contributed by atoms with van der Waals surface area (Å²) in [5, 5.41) is 2.84. The van der Waals surface area contributed by atoms with Gasteiger partial charge in [0.25, 0.3) is 5.91 Å². The predicted molar refractivity (Wildman–Crippen MR) is 91.7 cm³/mol. The van der Waals surface area contributed by atoms with Crippen LogP contribution < -0.4 is 10.2 Å². The highest BCUT2D eigenvalue weighted by Gasteiger charge is 2.23. The average Bonchev–Trinajstić information content (AvgIpc) is 2.62. The lowest BCUT2D eigenvalue weighted by Crippen LogP contribution is -2.40. The molecule has 5 nitrogen and oxygen atoms in total. The van der Waals surface area contributed by atoms with Crippen LogP contribution in [0.5, 0.6) is 0 Å². The monoisotopic (exact) mass is 310 g/mol. The Kier molecular flexibility index (Phi) is 4.86. The fraction of sp³-hybridized carbons (Fsp3) is 0.389. The zero-order valence-corrected chi connectivity index (χ0v) is 13.4. The molecule has 0 saturated carbocycles. The number of carbonyl (C=O) groups is 1. The number of para-hydroxylation sites is 1. The lowest BCUT2D eigenvalue weighted by molar-refractivity contribution is 0.102. The number of piperidine rings is 1. The molecule has 1 atom stereocenters. The van der Waals surface area contributed by atoms with Crippen molar-refractivity contribution in [1.82, 2.24) is 9.97 Å². The van der Waals surface area contributed by atoms with Crippen LogP contribution in [0, 0.1) is 0 Å². The van der Waals surface area contributed by atoms with Gasteiger partial charge in [-0.25, -0.2) is 9.97 Å². The van der Waals surface area contributed by atoms with Gasteiger partial charge >= 0.3 is 0 Å². The molecular weight excluding hydrogens is 288 g/mol. The van der Waals surface area contributed by atoms with Crippen LogP contribution in [0.15, 0.2) is 42.7 Å². The number of aromatic nitrogens is 2.